The summed E-state index contributed by atoms with van der Waals surface area (Å²) in [6.45, 7) is 5.26. The van der Waals surface area contributed by atoms with E-state index in [0.717, 1.165) is 51.1 Å². The van der Waals surface area contributed by atoms with Gasteiger partial charge in [0.25, 0.3) is 0 Å². The van der Waals surface area contributed by atoms with Crippen molar-refractivity contribution in [2.24, 2.45) is 0 Å². The van der Waals surface area contributed by atoms with E-state index in [2.05, 4.69) is 26.6 Å². The Morgan fingerprint density at radius 3 is 2.65 bits per heavy atom. The monoisotopic (exact) mass is 278 g/mol. The highest BCUT2D eigenvalue weighted by atomic mass is 16.3. The Morgan fingerprint density at radius 1 is 1.20 bits per heavy atom. The number of aliphatic hydroxyl groups excluding tert-OH is 1. The van der Waals surface area contributed by atoms with E-state index in [-0.39, 0.29) is 6.10 Å². The minimum atomic E-state index is -0.111. The quantitative estimate of drug-likeness (QED) is 0.915. The second-order valence-electron chi connectivity index (χ2n) is 6.20. The van der Waals surface area contributed by atoms with Crippen LogP contribution in [0.4, 0.5) is 0 Å². The molecular weight excluding hydrogens is 252 g/mol. The molecule has 1 N–H and O–H groups in total. The Hall–Kier alpha value is -0.940. The maximum absolute atomic E-state index is 10.2. The molecule has 2 aliphatic rings. The first-order valence-corrected chi connectivity index (χ1v) is 8.09. The predicted octanol–water partition coefficient (Wildman–Crippen LogP) is 1.78. The van der Waals surface area contributed by atoms with Gasteiger partial charge in [-0.3, -0.25) is 4.90 Å². The Morgan fingerprint density at radius 2 is 1.95 bits per heavy atom. The topological polar surface area (TPSA) is 54.2 Å². The first kappa shape index (κ1) is 14.0. The van der Waals surface area contributed by atoms with E-state index in [1.54, 1.807) is 0 Å². The fourth-order valence-corrected chi connectivity index (χ4v) is 3.83. The molecule has 5 nitrogen and oxygen atoms in total. The average Bonchev–Trinajstić information content (AvgIpc) is 2.96. The molecule has 2 unspecified atom stereocenters. The molecule has 1 aromatic rings. The van der Waals surface area contributed by atoms with E-state index in [1.165, 1.54) is 12.8 Å². The van der Waals surface area contributed by atoms with Crippen molar-refractivity contribution < 1.29 is 5.11 Å². The number of hydrogen-bond donors (Lipinski definition) is 1. The van der Waals surface area contributed by atoms with Crippen LogP contribution in [0.25, 0.3) is 0 Å². The zero-order valence-corrected chi connectivity index (χ0v) is 12.4. The van der Waals surface area contributed by atoms with Crippen LogP contribution in [0.3, 0.4) is 0 Å². The summed E-state index contributed by atoms with van der Waals surface area (Å²) in [4.78, 5) is 2.51. The SMILES string of the molecule is CCn1cnnc1C1CCN(C2CCCCC2O)CC1. The lowest BCUT2D eigenvalue weighted by molar-refractivity contribution is 0.00819. The summed E-state index contributed by atoms with van der Waals surface area (Å²) >= 11 is 0. The van der Waals surface area contributed by atoms with Crippen molar-refractivity contribution in [2.75, 3.05) is 13.1 Å². The van der Waals surface area contributed by atoms with Crippen molar-refractivity contribution in [1.82, 2.24) is 19.7 Å². The Labute approximate surface area is 121 Å². The number of aliphatic hydroxyl groups is 1. The molecule has 2 fully saturated rings. The van der Waals surface area contributed by atoms with E-state index in [1.807, 2.05) is 6.33 Å². The van der Waals surface area contributed by atoms with Gasteiger partial charge in [0.15, 0.2) is 0 Å². The summed E-state index contributed by atoms with van der Waals surface area (Å²) < 4.78 is 2.16. The zero-order valence-electron chi connectivity index (χ0n) is 12.4. The third-order valence-electron chi connectivity index (χ3n) is 5.04. The highest BCUT2D eigenvalue weighted by Gasteiger charge is 2.32. The summed E-state index contributed by atoms with van der Waals surface area (Å²) in [7, 11) is 0. The van der Waals surface area contributed by atoms with E-state index in [9.17, 15) is 5.11 Å². The number of hydrogen-bond acceptors (Lipinski definition) is 4. The van der Waals surface area contributed by atoms with Crippen LogP contribution in [-0.4, -0.2) is 50.0 Å². The van der Waals surface area contributed by atoms with E-state index >= 15 is 0 Å². The minimum Gasteiger partial charge on any atom is -0.391 e. The lowest BCUT2D eigenvalue weighted by atomic mass is 9.88. The fraction of sp³-hybridized carbons (Fsp3) is 0.867. The van der Waals surface area contributed by atoms with Crippen LogP contribution in [-0.2, 0) is 6.54 Å². The maximum Gasteiger partial charge on any atom is 0.135 e. The smallest absolute Gasteiger partial charge is 0.135 e. The van der Waals surface area contributed by atoms with Gasteiger partial charge in [0.1, 0.15) is 12.2 Å². The molecule has 2 heterocycles. The molecule has 1 saturated heterocycles. The number of rotatable bonds is 3. The summed E-state index contributed by atoms with van der Waals surface area (Å²) in [5.41, 5.74) is 0. The van der Waals surface area contributed by atoms with Crippen LogP contribution in [0.2, 0.25) is 0 Å². The van der Waals surface area contributed by atoms with Crippen molar-refractivity contribution in [3.05, 3.63) is 12.2 Å². The minimum absolute atomic E-state index is 0.111. The lowest BCUT2D eigenvalue weighted by Gasteiger charge is -2.41. The maximum atomic E-state index is 10.2. The van der Waals surface area contributed by atoms with Gasteiger partial charge in [0, 0.05) is 18.5 Å². The second kappa shape index (κ2) is 6.22. The molecule has 5 heteroatoms. The molecule has 1 aliphatic carbocycles. The molecule has 0 aromatic carbocycles. The van der Waals surface area contributed by atoms with Gasteiger partial charge < -0.3 is 9.67 Å². The van der Waals surface area contributed by atoms with Gasteiger partial charge in [-0.1, -0.05) is 12.8 Å². The van der Waals surface area contributed by atoms with Gasteiger partial charge in [-0.15, -0.1) is 10.2 Å². The molecule has 0 bridgehead atoms. The van der Waals surface area contributed by atoms with Gasteiger partial charge >= 0.3 is 0 Å². The first-order chi connectivity index (χ1) is 9.79. The number of likely N-dealkylation sites (tertiary alicyclic amines) is 1. The molecule has 0 spiro atoms. The summed E-state index contributed by atoms with van der Waals surface area (Å²) in [5, 5.41) is 18.5. The number of aryl methyl sites for hydroxylation is 1. The van der Waals surface area contributed by atoms with Crippen molar-refractivity contribution in [3.63, 3.8) is 0 Å². The van der Waals surface area contributed by atoms with Crippen LogP contribution in [0.15, 0.2) is 6.33 Å². The first-order valence-electron chi connectivity index (χ1n) is 8.09. The third kappa shape index (κ3) is 2.74. The van der Waals surface area contributed by atoms with Crippen LogP contribution in [0.1, 0.15) is 57.2 Å². The van der Waals surface area contributed by atoms with Gasteiger partial charge in [0.05, 0.1) is 6.10 Å². The predicted molar refractivity (Wildman–Crippen MR) is 77.5 cm³/mol. The van der Waals surface area contributed by atoms with Crippen LogP contribution < -0.4 is 0 Å². The zero-order chi connectivity index (χ0) is 13.9. The Kier molecular flexibility index (Phi) is 4.36. The van der Waals surface area contributed by atoms with Gasteiger partial charge in [-0.05, 0) is 45.7 Å². The van der Waals surface area contributed by atoms with Gasteiger partial charge in [0.2, 0.25) is 0 Å². The van der Waals surface area contributed by atoms with Crippen LogP contribution in [0.5, 0.6) is 0 Å². The Balaban J connectivity index is 1.59. The van der Waals surface area contributed by atoms with Crippen molar-refractivity contribution in [3.8, 4) is 0 Å². The Bertz CT molecular complexity index is 425. The molecule has 1 aliphatic heterocycles. The van der Waals surface area contributed by atoms with Crippen molar-refractivity contribution in [1.29, 1.82) is 0 Å². The summed E-state index contributed by atoms with van der Waals surface area (Å²) in [6.07, 6.45) is 8.61. The fourth-order valence-electron chi connectivity index (χ4n) is 3.83. The van der Waals surface area contributed by atoms with Crippen LogP contribution in [0, 0.1) is 0 Å². The lowest BCUT2D eigenvalue weighted by Crippen LogP contribution is -2.48. The normalized spacial score (nSPS) is 29.7. The third-order valence-corrected chi connectivity index (χ3v) is 5.04. The molecule has 3 rings (SSSR count). The molecule has 112 valence electrons. The molecule has 0 radical (unpaired) electrons. The second-order valence-corrected chi connectivity index (χ2v) is 6.20. The average molecular weight is 278 g/mol. The van der Waals surface area contributed by atoms with Gasteiger partial charge in [-0.2, -0.15) is 0 Å². The van der Waals surface area contributed by atoms with E-state index < -0.39 is 0 Å². The van der Waals surface area contributed by atoms with Gasteiger partial charge in [-0.25, -0.2) is 0 Å². The summed E-state index contributed by atoms with van der Waals surface area (Å²) in [6, 6.07) is 0.397. The number of nitrogens with zero attached hydrogens (tertiary/aromatic N) is 4. The molecule has 1 aromatic heterocycles. The summed E-state index contributed by atoms with van der Waals surface area (Å²) in [5.74, 6) is 1.69. The molecule has 1 saturated carbocycles. The number of piperidine rings is 1. The molecular formula is C15H26N4O. The van der Waals surface area contributed by atoms with E-state index in [0.29, 0.717) is 12.0 Å². The van der Waals surface area contributed by atoms with Crippen LogP contribution >= 0.6 is 0 Å². The highest BCUT2D eigenvalue weighted by Crippen LogP contribution is 2.31. The molecule has 20 heavy (non-hydrogen) atoms. The van der Waals surface area contributed by atoms with Crippen molar-refractivity contribution in [2.45, 2.75) is 70.1 Å². The molecule has 2 atom stereocenters. The molecule has 0 amide bonds. The van der Waals surface area contributed by atoms with E-state index in [4.69, 9.17) is 0 Å². The van der Waals surface area contributed by atoms with Crippen molar-refractivity contribution >= 4 is 0 Å². The largest absolute Gasteiger partial charge is 0.391 e. The number of aromatic nitrogens is 3. The highest BCUT2D eigenvalue weighted by molar-refractivity contribution is 5.00. The standard InChI is InChI=1S/C15H26N4O/c1-2-18-11-16-17-15(18)12-7-9-19(10-8-12)13-5-3-4-6-14(13)20/h11-14,20H,2-10H2,1H3.